The van der Waals surface area contributed by atoms with Gasteiger partial charge in [0.05, 0.1) is 12.9 Å². The van der Waals surface area contributed by atoms with Crippen LogP contribution in [0.4, 0.5) is 0 Å². The number of likely N-dealkylation sites (tertiary alicyclic amines) is 1. The maximum absolute atomic E-state index is 11.9. The number of aliphatic hydroxyl groups is 1. The fourth-order valence-corrected chi connectivity index (χ4v) is 5.05. The number of hydrogen-bond donors (Lipinski definition) is 1. The molecule has 6 heteroatoms. The lowest BCUT2D eigenvalue weighted by molar-refractivity contribution is 0.00883. The number of benzene rings is 1. The highest BCUT2D eigenvalue weighted by atomic mass is 32.2. The molecule has 2 saturated heterocycles. The fraction of sp³-hybridized carbons (Fsp3) is 0.647. The zero-order valence-electron chi connectivity index (χ0n) is 13.9. The summed E-state index contributed by atoms with van der Waals surface area (Å²) in [5, 5.41) is 10.0. The van der Waals surface area contributed by atoms with Crippen LogP contribution in [0.3, 0.4) is 0 Å². The van der Waals surface area contributed by atoms with Crippen LogP contribution in [0.15, 0.2) is 24.3 Å². The molecule has 0 amide bonds. The molecule has 0 radical (unpaired) electrons. The Morgan fingerprint density at radius 2 is 2.13 bits per heavy atom. The number of nitrogens with zero attached hydrogens (tertiary/aromatic N) is 2. The Hall–Kier alpha value is -0.950. The first-order chi connectivity index (χ1) is 10.8. The van der Waals surface area contributed by atoms with Crippen LogP contribution in [0, 0.1) is 18.3 Å². The van der Waals surface area contributed by atoms with Crippen molar-refractivity contribution in [2.45, 2.75) is 19.9 Å². The smallest absolute Gasteiger partial charge is 0.211 e. The summed E-state index contributed by atoms with van der Waals surface area (Å²) in [6, 6.07) is 8.48. The van der Waals surface area contributed by atoms with Crippen molar-refractivity contribution in [2.24, 2.45) is 11.3 Å². The topological polar surface area (TPSA) is 60.9 Å². The first-order valence-electron chi connectivity index (χ1n) is 8.16. The number of sulfonamides is 1. The van der Waals surface area contributed by atoms with Crippen molar-refractivity contribution in [1.82, 2.24) is 9.21 Å². The van der Waals surface area contributed by atoms with E-state index in [0.29, 0.717) is 13.1 Å². The third kappa shape index (κ3) is 3.45. The molecule has 1 aromatic rings. The Bertz CT molecular complexity index is 676. The van der Waals surface area contributed by atoms with Crippen LogP contribution in [0.5, 0.6) is 0 Å². The molecule has 128 valence electrons. The lowest BCUT2D eigenvalue weighted by Gasteiger charge is -2.43. The SMILES string of the molecule is Cc1cccc(CN2CC[C@H]3CN(S(C)(=O)=O)C[C@@]3(CO)C2)c1. The Balaban J connectivity index is 1.74. The lowest BCUT2D eigenvalue weighted by Crippen LogP contribution is -2.50. The largest absolute Gasteiger partial charge is 0.396 e. The molecule has 0 saturated carbocycles. The molecule has 23 heavy (non-hydrogen) atoms. The molecular weight excluding hydrogens is 312 g/mol. The van der Waals surface area contributed by atoms with Crippen molar-refractivity contribution in [2.75, 3.05) is 39.0 Å². The molecule has 1 aromatic carbocycles. The Labute approximate surface area is 139 Å². The summed E-state index contributed by atoms with van der Waals surface area (Å²) >= 11 is 0. The molecule has 2 aliphatic heterocycles. The van der Waals surface area contributed by atoms with Gasteiger partial charge in [-0.3, -0.25) is 4.90 Å². The predicted molar refractivity (Wildman–Crippen MR) is 90.5 cm³/mol. The molecule has 0 aliphatic carbocycles. The monoisotopic (exact) mass is 338 g/mol. The van der Waals surface area contributed by atoms with E-state index < -0.39 is 10.0 Å². The molecular formula is C17H26N2O3S. The van der Waals surface area contributed by atoms with Gasteiger partial charge in [0.1, 0.15) is 0 Å². The van der Waals surface area contributed by atoms with Gasteiger partial charge in [-0.05, 0) is 31.4 Å². The highest BCUT2D eigenvalue weighted by molar-refractivity contribution is 7.88. The Morgan fingerprint density at radius 1 is 1.35 bits per heavy atom. The van der Waals surface area contributed by atoms with Gasteiger partial charge in [0.25, 0.3) is 0 Å². The number of fused-ring (bicyclic) bond motifs is 1. The van der Waals surface area contributed by atoms with Gasteiger partial charge >= 0.3 is 0 Å². The maximum atomic E-state index is 11.9. The van der Waals surface area contributed by atoms with Gasteiger partial charge in [-0.25, -0.2) is 12.7 Å². The standard InChI is InChI=1S/C17H26N2O3S/c1-14-4-3-5-15(8-14)9-18-7-6-16-10-19(23(2,21)22)12-17(16,11-18)13-20/h3-5,8,16,20H,6-7,9-13H2,1-2H3/t16-,17+/m0/s1. The minimum absolute atomic E-state index is 0.0496. The first kappa shape index (κ1) is 16.9. The van der Waals surface area contributed by atoms with Crippen LogP contribution in [0.25, 0.3) is 0 Å². The highest BCUT2D eigenvalue weighted by Crippen LogP contribution is 2.42. The molecule has 0 unspecified atom stereocenters. The normalized spacial score (nSPS) is 29.6. The third-order valence-electron chi connectivity index (χ3n) is 5.39. The number of aryl methyl sites for hydroxylation is 1. The maximum Gasteiger partial charge on any atom is 0.211 e. The van der Waals surface area contributed by atoms with Gasteiger partial charge < -0.3 is 5.11 Å². The van der Waals surface area contributed by atoms with Crippen LogP contribution < -0.4 is 0 Å². The summed E-state index contributed by atoms with van der Waals surface area (Å²) in [7, 11) is -3.19. The summed E-state index contributed by atoms with van der Waals surface area (Å²) in [6.45, 7) is 5.70. The molecule has 0 bridgehead atoms. The molecule has 2 fully saturated rings. The van der Waals surface area contributed by atoms with Crippen molar-refractivity contribution in [1.29, 1.82) is 0 Å². The van der Waals surface area contributed by atoms with E-state index in [4.69, 9.17) is 0 Å². The zero-order valence-corrected chi connectivity index (χ0v) is 14.7. The number of piperidine rings is 1. The molecule has 0 aromatic heterocycles. The zero-order chi connectivity index (χ0) is 16.7. The van der Waals surface area contributed by atoms with Crippen molar-refractivity contribution in [3.63, 3.8) is 0 Å². The van der Waals surface area contributed by atoms with E-state index >= 15 is 0 Å². The first-order valence-corrected chi connectivity index (χ1v) is 10.0. The van der Waals surface area contributed by atoms with E-state index in [9.17, 15) is 13.5 Å². The molecule has 2 heterocycles. The number of rotatable bonds is 4. The van der Waals surface area contributed by atoms with Crippen LogP contribution >= 0.6 is 0 Å². The lowest BCUT2D eigenvalue weighted by atomic mass is 9.74. The Morgan fingerprint density at radius 3 is 2.78 bits per heavy atom. The second kappa shape index (κ2) is 6.16. The number of hydrogen-bond acceptors (Lipinski definition) is 4. The minimum atomic E-state index is -3.19. The van der Waals surface area contributed by atoms with E-state index in [1.807, 2.05) is 0 Å². The van der Waals surface area contributed by atoms with Gasteiger partial charge in [0.2, 0.25) is 10.0 Å². The van der Waals surface area contributed by atoms with Gasteiger partial charge in [0, 0.05) is 31.6 Å². The second-order valence-corrected chi connectivity index (χ2v) is 9.24. The molecule has 0 spiro atoms. The number of aliphatic hydroxyl groups excluding tert-OH is 1. The average molecular weight is 338 g/mol. The summed E-state index contributed by atoms with van der Waals surface area (Å²) in [4.78, 5) is 2.35. The third-order valence-corrected chi connectivity index (χ3v) is 6.60. The van der Waals surface area contributed by atoms with Gasteiger partial charge in [-0.1, -0.05) is 29.8 Å². The van der Waals surface area contributed by atoms with E-state index in [-0.39, 0.29) is 17.9 Å². The molecule has 3 rings (SSSR count). The molecule has 2 aliphatic rings. The van der Waals surface area contributed by atoms with Crippen molar-refractivity contribution in [3.8, 4) is 0 Å². The van der Waals surface area contributed by atoms with E-state index in [2.05, 4.69) is 36.1 Å². The quantitative estimate of drug-likeness (QED) is 0.892. The van der Waals surface area contributed by atoms with Crippen LogP contribution in [-0.2, 0) is 16.6 Å². The van der Waals surface area contributed by atoms with Gasteiger partial charge in [-0.2, -0.15) is 0 Å². The molecule has 5 nitrogen and oxygen atoms in total. The highest BCUT2D eigenvalue weighted by Gasteiger charge is 2.51. The summed E-state index contributed by atoms with van der Waals surface area (Å²) in [5.74, 6) is 0.260. The predicted octanol–water partition coefficient (Wildman–Crippen LogP) is 1.07. The Kier molecular flexibility index (Phi) is 4.53. The van der Waals surface area contributed by atoms with E-state index in [0.717, 1.165) is 26.1 Å². The summed E-state index contributed by atoms with van der Waals surface area (Å²) in [6.07, 6.45) is 2.21. The van der Waals surface area contributed by atoms with Crippen molar-refractivity contribution >= 4 is 10.0 Å². The van der Waals surface area contributed by atoms with Crippen molar-refractivity contribution < 1.29 is 13.5 Å². The van der Waals surface area contributed by atoms with Crippen LogP contribution in [-0.4, -0.2) is 61.8 Å². The van der Waals surface area contributed by atoms with Gasteiger partial charge in [0.15, 0.2) is 0 Å². The average Bonchev–Trinajstić information content (AvgIpc) is 2.87. The molecule has 2 atom stereocenters. The van der Waals surface area contributed by atoms with Crippen LogP contribution in [0.2, 0.25) is 0 Å². The minimum Gasteiger partial charge on any atom is -0.396 e. The van der Waals surface area contributed by atoms with E-state index in [1.165, 1.54) is 17.4 Å². The molecule has 1 N–H and O–H groups in total. The van der Waals surface area contributed by atoms with Crippen molar-refractivity contribution in [3.05, 3.63) is 35.4 Å². The van der Waals surface area contributed by atoms with Gasteiger partial charge in [-0.15, -0.1) is 0 Å². The fourth-order valence-electron chi connectivity index (χ4n) is 4.11. The summed E-state index contributed by atoms with van der Waals surface area (Å²) < 4.78 is 25.3. The van der Waals surface area contributed by atoms with E-state index in [1.54, 1.807) is 4.31 Å². The summed E-state index contributed by atoms with van der Waals surface area (Å²) in [5.41, 5.74) is 2.21. The second-order valence-electron chi connectivity index (χ2n) is 7.26. The van der Waals surface area contributed by atoms with Crippen LogP contribution in [0.1, 0.15) is 17.5 Å².